The van der Waals surface area contributed by atoms with Crippen LogP contribution < -0.4 is 0 Å². The van der Waals surface area contributed by atoms with E-state index in [2.05, 4.69) is 5.10 Å². The van der Waals surface area contributed by atoms with Crippen molar-refractivity contribution in [3.8, 4) is 0 Å². The Morgan fingerprint density at radius 2 is 2.04 bits per heavy atom. The molecule has 1 aromatic carbocycles. The second kappa shape index (κ2) is 5.83. The van der Waals surface area contributed by atoms with Crippen LogP contribution in [-0.2, 0) is 11.3 Å². The average Bonchev–Trinajstić information content (AvgIpc) is 3.18. The molecule has 1 N–H and O–H groups in total. The Bertz CT molecular complexity index is 715. The predicted octanol–water partition coefficient (Wildman–Crippen LogP) is 1.57. The first kappa shape index (κ1) is 15.2. The van der Waals surface area contributed by atoms with E-state index in [0.29, 0.717) is 12.1 Å². The van der Waals surface area contributed by atoms with Crippen LogP contribution in [0.4, 0.5) is 4.39 Å². The lowest BCUT2D eigenvalue weighted by Gasteiger charge is -2.18. The van der Waals surface area contributed by atoms with Crippen molar-refractivity contribution in [2.24, 2.45) is 0 Å². The summed E-state index contributed by atoms with van der Waals surface area (Å²) < 4.78 is 15.8. The molecule has 7 heteroatoms. The maximum absolute atomic E-state index is 14.0. The van der Waals surface area contributed by atoms with Gasteiger partial charge in [0.1, 0.15) is 0 Å². The zero-order chi connectivity index (χ0) is 16.4. The van der Waals surface area contributed by atoms with E-state index >= 15 is 0 Å². The third kappa shape index (κ3) is 3.08. The number of aliphatic carboxylic acids is 1. The van der Waals surface area contributed by atoms with Gasteiger partial charge in [0.2, 0.25) is 5.67 Å². The van der Waals surface area contributed by atoms with Gasteiger partial charge in [-0.3, -0.25) is 9.48 Å². The molecule has 0 bridgehead atoms. The summed E-state index contributed by atoms with van der Waals surface area (Å²) in [6, 6.07) is 8.78. The van der Waals surface area contributed by atoms with Crippen LogP contribution in [0.2, 0.25) is 0 Å². The molecule has 120 valence electrons. The normalized spacial score (nSPS) is 20.7. The van der Waals surface area contributed by atoms with Crippen molar-refractivity contribution in [1.29, 1.82) is 0 Å². The molecule has 1 aliphatic rings. The number of halogens is 1. The van der Waals surface area contributed by atoms with Crippen LogP contribution in [0.5, 0.6) is 0 Å². The van der Waals surface area contributed by atoms with Gasteiger partial charge in [0.25, 0.3) is 5.91 Å². The highest BCUT2D eigenvalue weighted by atomic mass is 19.1. The summed E-state index contributed by atoms with van der Waals surface area (Å²) >= 11 is 0. The first-order valence-electron chi connectivity index (χ1n) is 7.26. The molecular formula is C16H16FN3O3. The Balaban J connectivity index is 1.68. The van der Waals surface area contributed by atoms with E-state index in [-0.39, 0.29) is 18.9 Å². The molecule has 1 amide bonds. The minimum Gasteiger partial charge on any atom is -0.479 e. The Kier molecular flexibility index (Phi) is 3.85. The molecule has 0 saturated carbocycles. The van der Waals surface area contributed by atoms with Crippen LogP contribution in [0, 0.1) is 0 Å². The number of rotatable bonds is 4. The number of aromatic nitrogens is 2. The molecule has 0 spiro atoms. The number of amides is 1. The number of nitrogens with zero attached hydrogens (tertiary/aromatic N) is 3. The van der Waals surface area contributed by atoms with E-state index in [4.69, 9.17) is 5.11 Å². The second-order valence-electron chi connectivity index (χ2n) is 5.65. The molecule has 3 rings (SSSR count). The lowest BCUT2D eigenvalue weighted by atomic mass is 10.1. The first-order chi connectivity index (χ1) is 11.0. The van der Waals surface area contributed by atoms with Gasteiger partial charge >= 0.3 is 5.97 Å². The van der Waals surface area contributed by atoms with Crippen LogP contribution in [0.15, 0.2) is 42.7 Å². The molecular weight excluding hydrogens is 301 g/mol. The molecule has 1 saturated heterocycles. The highest BCUT2D eigenvalue weighted by Crippen LogP contribution is 2.27. The van der Waals surface area contributed by atoms with Crippen LogP contribution in [0.25, 0.3) is 0 Å². The van der Waals surface area contributed by atoms with Gasteiger partial charge in [-0.1, -0.05) is 12.1 Å². The second-order valence-corrected chi connectivity index (χ2v) is 5.65. The van der Waals surface area contributed by atoms with Gasteiger partial charge in [-0.25, -0.2) is 9.18 Å². The number of carboxylic acid groups (broad SMARTS) is 1. The largest absolute Gasteiger partial charge is 0.479 e. The SMILES string of the molecule is O=C(c1ccc(Cn2cccn2)cc1)N1CC[C@@](F)(C(=O)O)C1. The highest BCUT2D eigenvalue weighted by molar-refractivity contribution is 5.95. The minimum absolute atomic E-state index is 0.108. The van der Waals surface area contributed by atoms with Crippen molar-refractivity contribution in [2.75, 3.05) is 13.1 Å². The number of alkyl halides is 1. The summed E-state index contributed by atoms with van der Waals surface area (Å²) in [4.78, 5) is 24.5. The van der Waals surface area contributed by atoms with Crippen LogP contribution >= 0.6 is 0 Å². The molecule has 1 fully saturated rings. The molecule has 1 aliphatic heterocycles. The standard InChI is InChI=1S/C16H16FN3O3/c17-16(15(22)23)6-9-19(11-16)14(21)13-4-2-12(3-5-13)10-20-8-1-7-18-20/h1-5,7-8H,6,9-11H2,(H,22,23)/t16-/m0/s1. The number of carboxylic acids is 1. The summed E-state index contributed by atoms with van der Waals surface area (Å²) in [5.74, 6) is -1.86. The van der Waals surface area contributed by atoms with Gasteiger partial charge in [0.05, 0.1) is 13.1 Å². The van der Waals surface area contributed by atoms with Crippen molar-refractivity contribution < 1.29 is 19.1 Å². The summed E-state index contributed by atoms with van der Waals surface area (Å²) in [6.07, 6.45) is 3.36. The van der Waals surface area contributed by atoms with Gasteiger partial charge < -0.3 is 10.0 Å². The maximum atomic E-state index is 14.0. The van der Waals surface area contributed by atoms with Gasteiger partial charge in [-0.05, 0) is 23.8 Å². The van der Waals surface area contributed by atoms with Crippen LogP contribution in [0.3, 0.4) is 0 Å². The average molecular weight is 317 g/mol. The van der Waals surface area contributed by atoms with Crippen molar-refractivity contribution in [3.63, 3.8) is 0 Å². The highest BCUT2D eigenvalue weighted by Gasteiger charge is 2.46. The summed E-state index contributed by atoms with van der Waals surface area (Å²) in [5.41, 5.74) is -0.934. The van der Waals surface area contributed by atoms with Crippen LogP contribution in [0.1, 0.15) is 22.3 Å². The van der Waals surface area contributed by atoms with E-state index in [1.54, 1.807) is 23.0 Å². The third-order valence-electron chi connectivity index (χ3n) is 3.99. The molecule has 1 atom stereocenters. The fraction of sp³-hybridized carbons (Fsp3) is 0.312. The monoisotopic (exact) mass is 317 g/mol. The smallest absolute Gasteiger partial charge is 0.343 e. The van der Waals surface area contributed by atoms with Gasteiger partial charge in [-0.15, -0.1) is 0 Å². The van der Waals surface area contributed by atoms with Crippen LogP contribution in [-0.4, -0.2) is 50.4 Å². The van der Waals surface area contributed by atoms with Gasteiger partial charge in [0.15, 0.2) is 0 Å². The molecule has 2 heterocycles. The predicted molar refractivity (Wildman–Crippen MR) is 79.8 cm³/mol. The van der Waals surface area contributed by atoms with E-state index in [1.165, 1.54) is 4.90 Å². The number of carbonyl (C=O) groups excluding carboxylic acids is 1. The fourth-order valence-electron chi connectivity index (χ4n) is 2.64. The molecule has 2 aromatic rings. The quantitative estimate of drug-likeness (QED) is 0.929. The van der Waals surface area contributed by atoms with Gasteiger partial charge in [-0.2, -0.15) is 5.10 Å². The van der Waals surface area contributed by atoms with Crippen molar-refractivity contribution in [3.05, 3.63) is 53.9 Å². The third-order valence-corrected chi connectivity index (χ3v) is 3.99. The molecule has 0 unspecified atom stereocenters. The number of hydrogen-bond acceptors (Lipinski definition) is 3. The number of hydrogen-bond donors (Lipinski definition) is 1. The summed E-state index contributed by atoms with van der Waals surface area (Å²) in [7, 11) is 0. The number of carbonyl (C=O) groups is 2. The zero-order valence-corrected chi connectivity index (χ0v) is 12.4. The minimum atomic E-state index is -2.34. The van der Waals surface area contributed by atoms with E-state index < -0.39 is 18.2 Å². The van der Waals surface area contributed by atoms with Crippen molar-refractivity contribution in [2.45, 2.75) is 18.6 Å². The van der Waals surface area contributed by atoms with Crippen molar-refractivity contribution in [1.82, 2.24) is 14.7 Å². The zero-order valence-electron chi connectivity index (χ0n) is 12.4. The summed E-state index contributed by atoms with van der Waals surface area (Å²) in [5, 5.41) is 13.0. The van der Waals surface area contributed by atoms with Gasteiger partial charge in [0, 0.05) is 30.9 Å². The lowest BCUT2D eigenvalue weighted by Crippen LogP contribution is -2.38. The molecule has 1 aromatic heterocycles. The topological polar surface area (TPSA) is 75.4 Å². The Labute approximate surface area is 132 Å². The molecule has 0 radical (unpaired) electrons. The Hall–Kier alpha value is -2.70. The Morgan fingerprint density at radius 3 is 2.61 bits per heavy atom. The molecule has 0 aliphatic carbocycles. The first-order valence-corrected chi connectivity index (χ1v) is 7.26. The summed E-state index contributed by atoms with van der Waals surface area (Å²) in [6.45, 7) is 0.296. The molecule has 23 heavy (non-hydrogen) atoms. The van der Waals surface area contributed by atoms with E-state index in [9.17, 15) is 14.0 Å². The fourth-order valence-corrected chi connectivity index (χ4v) is 2.64. The molecule has 6 nitrogen and oxygen atoms in total. The van der Waals surface area contributed by atoms with E-state index in [1.807, 2.05) is 24.4 Å². The maximum Gasteiger partial charge on any atom is 0.343 e. The van der Waals surface area contributed by atoms with E-state index in [0.717, 1.165) is 5.56 Å². The Morgan fingerprint density at radius 1 is 1.30 bits per heavy atom. The van der Waals surface area contributed by atoms with Crippen molar-refractivity contribution >= 4 is 11.9 Å². The lowest BCUT2D eigenvalue weighted by molar-refractivity contribution is -0.149. The number of benzene rings is 1. The number of likely N-dealkylation sites (tertiary alicyclic amines) is 1.